The van der Waals surface area contributed by atoms with E-state index >= 15 is 0 Å². The van der Waals surface area contributed by atoms with Gasteiger partial charge >= 0.3 is 6.18 Å². The largest absolute Gasteiger partial charge is 0.419 e. The Morgan fingerprint density at radius 2 is 2.06 bits per heavy atom. The molecule has 0 saturated heterocycles. The van der Waals surface area contributed by atoms with Crippen molar-refractivity contribution in [3.05, 3.63) is 46.7 Å². The topological polar surface area (TPSA) is 43.8 Å². The normalized spacial score (nSPS) is 11.8. The zero-order valence-corrected chi connectivity index (χ0v) is 9.83. The summed E-state index contributed by atoms with van der Waals surface area (Å²) in [4.78, 5) is 0. The highest BCUT2D eigenvalue weighted by Crippen LogP contribution is 2.29. The molecule has 3 nitrogen and oxygen atoms in total. The number of rotatable bonds is 2. The van der Waals surface area contributed by atoms with Gasteiger partial charge in [-0.05, 0) is 12.1 Å². The van der Waals surface area contributed by atoms with Crippen LogP contribution < -0.4 is 5.73 Å². The van der Waals surface area contributed by atoms with Crippen molar-refractivity contribution in [3.8, 4) is 0 Å². The molecular weight excluding hydrogens is 267 g/mol. The summed E-state index contributed by atoms with van der Waals surface area (Å²) in [5.41, 5.74) is 5.89. The third kappa shape index (κ3) is 2.59. The van der Waals surface area contributed by atoms with Crippen LogP contribution in [0.25, 0.3) is 0 Å². The van der Waals surface area contributed by atoms with Gasteiger partial charge in [0.15, 0.2) is 0 Å². The summed E-state index contributed by atoms with van der Waals surface area (Å²) in [6, 6.07) is 4.93. The number of nitrogen functional groups attached to an aromatic ring is 1. The van der Waals surface area contributed by atoms with Crippen molar-refractivity contribution < 1.29 is 13.2 Å². The molecule has 0 saturated carbocycles. The number of hydrogen-bond donors (Lipinski definition) is 1. The third-order valence-electron chi connectivity index (χ3n) is 2.44. The number of halogens is 4. The summed E-state index contributed by atoms with van der Waals surface area (Å²) in [6.07, 6.45) is -2.71. The van der Waals surface area contributed by atoms with Gasteiger partial charge in [-0.15, -0.1) is 0 Å². The van der Waals surface area contributed by atoms with Crippen LogP contribution in [0.1, 0.15) is 11.1 Å². The Morgan fingerprint density at radius 1 is 1.33 bits per heavy atom. The van der Waals surface area contributed by atoms with E-state index in [1.165, 1.54) is 0 Å². The molecule has 18 heavy (non-hydrogen) atoms. The van der Waals surface area contributed by atoms with Crippen LogP contribution in [0, 0.1) is 0 Å². The van der Waals surface area contributed by atoms with Gasteiger partial charge in [-0.25, -0.2) is 0 Å². The fourth-order valence-corrected chi connectivity index (χ4v) is 1.74. The Hall–Kier alpha value is -1.69. The molecule has 7 heteroatoms. The first-order chi connectivity index (χ1) is 8.38. The second-order valence-corrected chi connectivity index (χ2v) is 4.14. The lowest BCUT2D eigenvalue weighted by molar-refractivity contribution is -0.137. The van der Waals surface area contributed by atoms with Crippen LogP contribution in [0.15, 0.2) is 30.6 Å². The van der Waals surface area contributed by atoms with Crippen molar-refractivity contribution in [1.82, 2.24) is 9.78 Å². The molecule has 1 heterocycles. The van der Waals surface area contributed by atoms with Gasteiger partial charge in [0.1, 0.15) is 0 Å². The summed E-state index contributed by atoms with van der Waals surface area (Å²) >= 11 is 5.93. The van der Waals surface area contributed by atoms with E-state index in [9.17, 15) is 13.2 Å². The molecule has 0 spiro atoms. The zero-order valence-electron chi connectivity index (χ0n) is 9.08. The van der Waals surface area contributed by atoms with Crippen molar-refractivity contribution in [2.75, 3.05) is 5.73 Å². The van der Waals surface area contributed by atoms with Gasteiger partial charge in [0.2, 0.25) is 0 Å². The van der Waals surface area contributed by atoms with Crippen LogP contribution >= 0.6 is 11.6 Å². The molecule has 96 valence electrons. The molecule has 0 radical (unpaired) electrons. The summed E-state index contributed by atoms with van der Waals surface area (Å²) in [6.45, 7) is 0.0988. The monoisotopic (exact) mass is 275 g/mol. The van der Waals surface area contributed by atoms with E-state index in [1.54, 1.807) is 18.2 Å². The van der Waals surface area contributed by atoms with Gasteiger partial charge in [-0.2, -0.15) is 18.3 Å². The highest BCUT2D eigenvalue weighted by molar-refractivity contribution is 6.31. The maximum atomic E-state index is 12.4. The van der Waals surface area contributed by atoms with Crippen LogP contribution in [-0.2, 0) is 12.7 Å². The van der Waals surface area contributed by atoms with Gasteiger partial charge in [0.25, 0.3) is 0 Å². The van der Waals surface area contributed by atoms with Crippen molar-refractivity contribution in [1.29, 1.82) is 0 Å². The minimum absolute atomic E-state index is 0.0988. The fraction of sp³-hybridized carbons (Fsp3) is 0.182. The zero-order chi connectivity index (χ0) is 13.3. The predicted octanol–water partition coefficient (Wildman–Crippen LogP) is 3.19. The minimum atomic E-state index is -4.40. The molecule has 0 aliphatic carbocycles. The smallest absolute Gasteiger partial charge is 0.398 e. The van der Waals surface area contributed by atoms with Gasteiger partial charge in [-0.1, -0.05) is 17.7 Å². The number of aromatic nitrogens is 2. The van der Waals surface area contributed by atoms with Crippen LogP contribution in [0.4, 0.5) is 18.9 Å². The number of benzene rings is 1. The Balaban J connectivity index is 2.27. The highest BCUT2D eigenvalue weighted by atomic mass is 35.5. The number of nitrogens with zero attached hydrogens (tertiary/aromatic N) is 2. The number of hydrogen-bond acceptors (Lipinski definition) is 2. The molecule has 0 fully saturated rings. The van der Waals surface area contributed by atoms with E-state index in [0.717, 1.165) is 17.1 Å². The quantitative estimate of drug-likeness (QED) is 0.856. The van der Waals surface area contributed by atoms with E-state index in [1.807, 2.05) is 0 Å². The third-order valence-corrected chi connectivity index (χ3v) is 2.79. The molecule has 0 unspecified atom stereocenters. The molecule has 0 bridgehead atoms. The lowest BCUT2D eigenvalue weighted by atomic mass is 10.2. The number of nitrogens with two attached hydrogens (primary N) is 1. The second kappa shape index (κ2) is 4.53. The fourth-order valence-electron chi connectivity index (χ4n) is 1.50. The first-order valence-electron chi connectivity index (χ1n) is 5.00. The average Bonchev–Trinajstić information content (AvgIpc) is 2.72. The molecule has 1 aromatic carbocycles. The van der Waals surface area contributed by atoms with Gasteiger partial charge < -0.3 is 5.73 Å². The maximum Gasteiger partial charge on any atom is 0.419 e. The molecule has 0 atom stereocenters. The number of anilines is 1. The van der Waals surface area contributed by atoms with Crippen LogP contribution in [0.2, 0.25) is 5.02 Å². The minimum Gasteiger partial charge on any atom is -0.398 e. The summed E-state index contributed by atoms with van der Waals surface area (Å²) in [5.74, 6) is 0. The average molecular weight is 276 g/mol. The van der Waals surface area contributed by atoms with E-state index in [-0.39, 0.29) is 6.54 Å². The second-order valence-electron chi connectivity index (χ2n) is 3.73. The molecule has 1 aromatic heterocycles. The molecule has 2 aromatic rings. The lowest BCUT2D eigenvalue weighted by Gasteiger charge is -2.08. The van der Waals surface area contributed by atoms with Gasteiger partial charge in [0, 0.05) is 22.5 Å². The Kier molecular flexibility index (Phi) is 3.21. The van der Waals surface area contributed by atoms with Crippen molar-refractivity contribution in [3.63, 3.8) is 0 Å². The Morgan fingerprint density at radius 3 is 2.61 bits per heavy atom. The predicted molar refractivity (Wildman–Crippen MR) is 62.2 cm³/mol. The standard InChI is InChI=1S/C11H9ClF3N3/c12-9-2-1-3-10(16)8(9)6-18-5-7(4-17-18)11(13,14)15/h1-5H,6,16H2. The van der Waals surface area contributed by atoms with Crippen LogP contribution in [0.3, 0.4) is 0 Å². The first kappa shape index (κ1) is 12.8. The summed E-state index contributed by atoms with van der Waals surface area (Å²) in [5, 5.41) is 4.04. The maximum absolute atomic E-state index is 12.4. The summed E-state index contributed by atoms with van der Waals surface area (Å²) < 4.78 is 38.3. The molecule has 0 amide bonds. The summed E-state index contributed by atoms with van der Waals surface area (Å²) in [7, 11) is 0. The van der Waals surface area contributed by atoms with Crippen molar-refractivity contribution in [2.24, 2.45) is 0 Å². The van der Waals surface area contributed by atoms with Gasteiger partial charge in [0.05, 0.1) is 18.3 Å². The Bertz CT molecular complexity index is 543. The van der Waals surface area contributed by atoms with Crippen LogP contribution in [-0.4, -0.2) is 9.78 Å². The molecule has 2 N–H and O–H groups in total. The SMILES string of the molecule is Nc1cccc(Cl)c1Cn1cc(C(F)(F)F)cn1. The number of alkyl halides is 3. The van der Waals surface area contributed by atoms with Crippen molar-refractivity contribution in [2.45, 2.75) is 12.7 Å². The van der Waals surface area contributed by atoms with Crippen molar-refractivity contribution >= 4 is 17.3 Å². The molecule has 0 aliphatic rings. The molecule has 0 aliphatic heterocycles. The first-order valence-corrected chi connectivity index (χ1v) is 5.38. The highest BCUT2D eigenvalue weighted by Gasteiger charge is 2.32. The van der Waals surface area contributed by atoms with E-state index in [0.29, 0.717) is 16.3 Å². The molecular formula is C11H9ClF3N3. The van der Waals surface area contributed by atoms with E-state index in [2.05, 4.69) is 5.10 Å². The molecule has 2 rings (SSSR count). The van der Waals surface area contributed by atoms with Crippen LogP contribution in [0.5, 0.6) is 0 Å². The van der Waals surface area contributed by atoms with Gasteiger partial charge in [-0.3, -0.25) is 4.68 Å². The van der Waals surface area contributed by atoms with E-state index < -0.39 is 11.7 Å². The Labute approximate surface area is 106 Å². The lowest BCUT2D eigenvalue weighted by Crippen LogP contribution is -2.05. The van der Waals surface area contributed by atoms with E-state index in [4.69, 9.17) is 17.3 Å².